The van der Waals surface area contributed by atoms with E-state index < -0.39 is 0 Å². The van der Waals surface area contributed by atoms with Gasteiger partial charge in [-0.1, -0.05) is 18.2 Å². The molecule has 0 bridgehead atoms. The number of hydrogen-bond acceptors (Lipinski definition) is 3. The Morgan fingerprint density at radius 3 is 2.78 bits per heavy atom. The van der Waals surface area contributed by atoms with Crippen LogP contribution in [-0.2, 0) is 19.4 Å². The summed E-state index contributed by atoms with van der Waals surface area (Å²) in [5.41, 5.74) is 4.59. The van der Waals surface area contributed by atoms with Crippen LogP contribution < -0.4 is 10.1 Å². The maximum atomic E-state index is 12.3. The molecule has 1 heterocycles. The van der Waals surface area contributed by atoms with Gasteiger partial charge in [-0.3, -0.25) is 9.48 Å². The van der Waals surface area contributed by atoms with Crippen LogP contribution in [0.4, 0.5) is 0 Å². The van der Waals surface area contributed by atoms with Gasteiger partial charge in [0, 0.05) is 18.0 Å². The molecule has 1 aliphatic rings. The van der Waals surface area contributed by atoms with E-state index in [9.17, 15) is 4.79 Å². The van der Waals surface area contributed by atoms with Crippen LogP contribution in [0, 0.1) is 0 Å². The molecule has 0 fully saturated rings. The van der Waals surface area contributed by atoms with Crippen LogP contribution in [-0.4, -0.2) is 28.8 Å². The van der Waals surface area contributed by atoms with E-state index in [1.54, 1.807) is 6.20 Å². The number of rotatable bonds is 7. The molecule has 0 radical (unpaired) electrons. The highest BCUT2D eigenvalue weighted by Crippen LogP contribution is 2.25. The zero-order chi connectivity index (χ0) is 18.5. The number of carbonyl (C=O) groups excluding carboxylic acids is 1. The maximum Gasteiger partial charge on any atom is 0.251 e. The molecule has 1 aliphatic carbocycles. The quantitative estimate of drug-likeness (QED) is 0.658. The molecule has 138 valence electrons. The number of benzene rings is 2. The molecule has 0 saturated heterocycles. The number of carbonyl (C=O) groups is 1. The lowest BCUT2D eigenvalue weighted by atomic mass is 10.1. The van der Waals surface area contributed by atoms with Crippen molar-refractivity contribution in [3.05, 3.63) is 83.2 Å². The van der Waals surface area contributed by atoms with Crippen LogP contribution in [0.3, 0.4) is 0 Å². The summed E-state index contributed by atoms with van der Waals surface area (Å²) in [6.07, 6.45) is 7.22. The molecule has 1 N–H and O–H groups in total. The Morgan fingerprint density at radius 2 is 1.96 bits per heavy atom. The largest absolute Gasteiger partial charge is 0.492 e. The topological polar surface area (TPSA) is 56.1 Å². The molecule has 4 rings (SSSR count). The second-order valence-corrected chi connectivity index (χ2v) is 6.79. The van der Waals surface area contributed by atoms with Crippen molar-refractivity contribution in [1.29, 1.82) is 0 Å². The molecular weight excluding hydrogens is 338 g/mol. The van der Waals surface area contributed by atoms with Gasteiger partial charge < -0.3 is 10.1 Å². The molecule has 0 atom stereocenters. The van der Waals surface area contributed by atoms with E-state index in [4.69, 9.17) is 4.74 Å². The normalized spacial score (nSPS) is 12.6. The monoisotopic (exact) mass is 361 g/mol. The predicted octanol–water partition coefficient (Wildman–Crippen LogP) is 3.23. The van der Waals surface area contributed by atoms with Crippen molar-refractivity contribution in [2.75, 3.05) is 13.2 Å². The van der Waals surface area contributed by atoms with Gasteiger partial charge in [0.2, 0.25) is 0 Å². The number of amides is 1. The van der Waals surface area contributed by atoms with Gasteiger partial charge in [0.25, 0.3) is 5.91 Å². The molecule has 0 saturated carbocycles. The Balaban J connectivity index is 1.23. The average Bonchev–Trinajstić information content (AvgIpc) is 3.37. The van der Waals surface area contributed by atoms with Crippen LogP contribution >= 0.6 is 0 Å². The molecule has 0 unspecified atom stereocenters. The fourth-order valence-corrected chi connectivity index (χ4v) is 3.42. The number of ether oxygens (including phenoxy) is 1. The molecule has 3 aromatic rings. The lowest BCUT2D eigenvalue weighted by Gasteiger charge is -2.10. The maximum absolute atomic E-state index is 12.3. The van der Waals surface area contributed by atoms with Crippen LogP contribution in [0.25, 0.3) is 0 Å². The molecule has 27 heavy (non-hydrogen) atoms. The van der Waals surface area contributed by atoms with Gasteiger partial charge >= 0.3 is 0 Å². The van der Waals surface area contributed by atoms with Crippen molar-refractivity contribution in [2.24, 2.45) is 0 Å². The van der Waals surface area contributed by atoms with E-state index in [1.807, 2.05) is 47.3 Å². The van der Waals surface area contributed by atoms with Crippen LogP contribution in [0.2, 0.25) is 0 Å². The van der Waals surface area contributed by atoms with Crippen molar-refractivity contribution < 1.29 is 9.53 Å². The number of nitrogens with zero attached hydrogens (tertiary/aromatic N) is 2. The second-order valence-electron chi connectivity index (χ2n) is 6.79. The molecule has 0 aliphatic heterocycles. The number of aryl methyl sites for hydroxylation is 2. The van der Waals surface area contributed by atoms with Gasteiger partial charge in [-0.05, 0) is 66.3 Å². The lowest BCUT2D eigenvalue weighted by Crippen LogP contribution is -2.28. The smallest absolute Gasteiger partial charge is 0.251 e. The van der Waals surface area contributed by atoms with E-state index >= 15 is 0 Å². The van der Waals surface area contributed by atoms with Gasteiger partial charge in [0.15, 0.2) is 0 Å². The Morgan fingerprint density at radius 1 is 1.11 bits per heavy atom. The van der Waals surface area contributed by atoms with Crippen LogP contribution in [0.15, 0.2) is 60.9 Å². The van der Waals surface area contributed by atoms with E-state index in [0.717, 1.165) is 17.7 Å². The summed E-state index contributed by atoms with van der Waals surface area (Å²) in [6, 6.07) is 15.8. The highest BCUT2D eigenvalue weighted by molar-refractivity contribution is 5.94. The Kier molecular flexibility index (Phi) is 5.19. The van der Waals surface area contributed by atoms with Crippen molar-refractivity contribution in [3.63, 3.8) is 0 Å². The molecule has 1 aromatic heterocycles. The molecular formula is C22H23N3O2. The molecule has 1 amide bonds. The van der Waals surface area contributed by atoms with Gasteiger partial charge in [-0.15, -0.1) is 0 Å². The van der Waals surface area contributed by atoms with Crippen molar-refractivity contribution >= 4 is 5.91 Å². The zero-order valence-electron chi connectivity index (χ0n) is 15.2. The first-order valence-corrected chi connectivity index (χ1v) is 9.37. The summed E-state index contributed by atoms with van der Waals surface area (Å²) >= 11 is 0. The fourth-order valence-electron chi connectivity index (χ4n) is 3.42. The van der Waals surface area contributed by atoms with Gasteiger partial charge in [0.1, 0.15) is 12.4 Å². The average molecular weight is 361 g/mol. The number of fused-ring (bicyclic) bond motifs is 1. The molecule has 2 aromatic carbocycles. The summed E-state index contributed by atoms with van der Waals surface area (Å²) in [5, 5.41) is 7.09. The van der Waals surface area contributed by atoms with E-state index in [1.165, 1.54) is 24.0 Å². The van der Waals surface area contributed by atoms with E-state index in [0.29, 0.717) is 25.3 Å². The van der Waals surface area contributed by atoms with Crippen LogP contribution in [0.1, 0.15) is 33.5 Å². The molecule has 5 heteroatoms. The number of aromatic nitrogens is 2. The standard InChI is InChI=1S/C22H23N3O2/c26-22(19-7-5-17(6-8-19)16-25-13-2-11-24-25)23-12-14-27-21-10-9-18-3-1-4-20(18)15-21/h2,5-11,13,15H,1,3-4,12,14,16H2,(H,23,26). The second kappa shape index (κ2) is 8.08. The minimum absolute atomic E-state index is 0.0850. The molecule has 5 nitrogen and oxygen atoms in total. The van der Waals surface area contributed by atoms with Crippen molar-refractivity contribution in [1.82, 2.24) is 15.1 Å². The summed E-state index contributed by atoms with van der Waals surface area (Å²) in [7, 11) is 0. The summed E-state index contributed by atoms with van der Waals surface area (Å²) in [6.45, 7) is 1.64. The first-order chi connectivity index (χ1) is 13.3. The zero-order valence-corrected chi connectivity index (χ0v) is 15.2. The van der Waals surface area contributed by atoms with Gasteiger partial charge in [-0.25, -0.2) is 0 Å². The third-order valence-corrected chi connectivity index (χ3v) is 4.85. The van der Waals surface area contributed by atoms with Crippen LogP contribution in [0.5, 0.6) is 5.75 Å². The molecule has 0 spiro atoms. The summed E-state index contributed by atoms with van der Waals surface area (Å²) < 4.78 is 7.62. The number of hydrogen-bond donors (Lipinski definition) is 1. The van der Waals surface area contributed by atoms with Gasteiger partial charge in [-0.2, -0.15) is 5.10 Å². The van der Waals surface area contributed by atoms with E-state index in [-0.39, 0.29) is 5.91 Å². The highest BCUT2D eigenvalue weighted by atomic mass is 16.5. The highest BCUT2D eigenvalue weighted by Gasteiger charge is 2.11. The van der Waals surface area contributed by atoms with Gasteiger partial charge in [0.05, 0.1) is 13.1 Å². The van der Waals surface area contributed by atoms with E-state index in [2.05, 4.69) is 22.5 Å². The first-order valence-electron chi connectivity index (χ1n) is 9.37. The Hall–Kier alpha value is -3.08. The third-order valence-electron chi connectivity index (χ3n) is 4.85. The minimum Gasteiger partial charge on any atom is -0.492 e. The van der Waals surface area contributed by atoms with Crippen molar-refractivity contribution in [2.45, 2.75) is 25.8 Å². The predicted molar refractivity (Wildman–Crippen MR) is 104 cm³/mol. The summed E-state index contributed by atoms with van der Waals surface area (Å²) in [4.78, 5) is 12.3. The Bertz CT molecular complexity index is 902. The lowest BCUT2D eigenvalue weighted by molar-refractivity contribution is 0.0947. The minimum atomic E-state index is -0.0850. The third kappa shape index (κ3) is 4.37. The van der Waals surface area contributed by atoms with Crippen molar-refractivity contribution in [3.8, 4) is 5.75 Å². The number of nitrogens with one attached hydrogen (secondary N) is 1. The summed E-state index contributed by atoms with van der Waals surface area (Å²) in [5.74, 6) is 0.797. The fraction of sp³-hybridized carbons (Fsp3) is 0.273. The first kappa shape index (κ1) is 17.3. The Labute approximate surface area is 159 Å². The SMILES string of the molecule is O=C(NCCOc1ccc2c(c1)CCC2)c1ccc(Cn2cccn2)cc1.